The van der Waals surface area contributed by atoms with Gasteiger partial charge >= 0.3 is 18.2 Å². The highest BCUT2D eigenvalue weighted by Gasteiger charge is 2.62. The van der Waals surface area contributed by atoms with Crippen molar-refractivity contribution in [2.75, 3.05) is 13.2 Å². The number of rotatable bonds is 2. The largest absolute Gasteiger partial charge is 0.465 e. The van der Waals surface area contributed by atoms with Gasteiger partial charge in [0.25, 0.3) is 0 Å². The molecule has 1 aliphatic heterocycles. The zero-order valence-corrected chi connectivity index (χ0v) is 9.57. The van der Waals surface area contributed by atoms with E-state index in [1.54, 1.807) is 23.5 Å². The highest BCUT2D eigenvalue weighted by atomic mass is 19.4. The molecule has 0 bridgehead atoms. The lowest BCUT2D eigenvalue weighted by molar-refractivity contribution is -0.352. The molecule has 0 radical (unpaired) electrons. The second-order valence-electron chi connectivity index (χ2n) is 3.64. The molecule has 8 heteroatoms. The maximum Gasteiger partial charge on any atom is 0.465 e. The van der Waals surface area contributed by atoms with Crippen LogP contribution >= 0.6 is 0 Å². The first-order valence-corrected chi connectivity index (χ1v) is 5.33. The molecule has 0 aliphatic carbocycles. The lowest BCUT2D eigenvalue weighted by atomic mass is 10.3. The lowest BCUT2D eigenvalue weighted by Gasteiger charge is -2.29. The summed E-state index contributed by atoms with van der Waals surface area (Å²) in [6.45, 7) is -0.545. The number of hydrogen-bond donors (Lipinski definition) is 1. The smallest absolute Gasteiger partial charge is 0.410 e. The Hall–Kier alpha value is -1.80. The molecule has 2 rings (SSSR count). The lowest BCUT2D eigenvalue weighted by Crippen LogP contribution is -2.60. The van der Waals surface area contributed by atoms with Crippen LogP contribution in [0.15, 0.2) is 30.3 Å². The van der Waals surface area contributed by atoms with Gasteiger partial charge in [-0.05, 0) is 12.1 Å². The highest BCUT2D eigenvalue weighted by molar-refractivity contribution is 5.71. The van der Waals surface area contributed by atoms with E-state index < -0.39 is 18.2 Å². The maximum atomic E-state index is 12.8. The molecule has 19 heavy (non-hydrogen) atoms. The van der Waals surface area contributed by atoms with Crippen molar-refractivity contribution in [3.63, 3.8) is 0 Å². The molecule has 104 valence electrons. The Labute approximate surface area is 106 Å². The van der Waals surface area contributed by atoms with Crippen molar-refractivity contribution in [1.82, 2.24) is 5.32 Å². The normalized spacial score (nSPS) is 18.1. The highest BCUT2D eigenvalue weighted by Crippen LogP contribution is 2.35. The third-order valence-corrected chi connectivity index (χ3v) is 2.29. The molecular formula is C11H10F3NO4. The number of ether oxygens (including phenoxy) is 3. The predicted molar refractivity (Wildman–Crippen MR) is 56.3 cm³/mol. The minimum absolute atomic E-state index is 0.107. The van der Waals surface area contributed by atoms with E-state index in [2.05, 4.69) is 14.2 Å². The summed E-state index contributed by atoms with van der Waals surface area (Å²) < 4.78 is 52.0. The fraction of sp³-hybridized carbons (Fsp3) is 0.364. The van der Waals surface area contributed by atoms with Crippen LogP contribution in [0.3, 0.4) is 0 Å². The second-order valence-corrected chi connectivity index (χ2v) is 3.64. The molecule has 1 amide bonds. The van der Waals surface area contributed by atoms with Crippen LogP contribution in [0.2, 0.25) is 0 Å². The number of carbonyl (C=O) groups is 1. The number of carbonyl (C=O) groups excluding carboxylic acids is 1. The summed E-state index contributed by atoms with van der Waals surface area (Å²) in [5, 5.41) is 1.55. The quantitative estimate of drug-likeness (QED) is 0.898. The van der Waals surface area contributed by atoms with Gasteiger partial charge < -0.3 is 14.2 Å². The molecule has 1 aliphatic rings. The number of hydrogen-bond acceptors (Lipinski definition) is 4. The standard InChI is InChI=1S/C11H10F3NO4/c12-10(13,14)11(17-6-7-18-11)15-9(16)19-8-4-2-1-3-5-8/h1-5H,6-7H2,(H,15,16). The van der Waals surface area contributed by atoms with E-state index in [1.165, 1.54) is 12.1 Å². The summed E-state index contributed by atoms with van der Waals surface area (Å²) in [6.07, 6.45) is -6.22. The first-order valence-electron chi connectivity index (χ1n) is 5.33. The minimum atomic E-state index is -4.90. The third-order valence-electron chi connectivity index (χ3n) is 2.29. The van der Waals surface area contributed by atoms with Crippen molar-refractivity contribution in [3.8, 4) is 5.75 Å². The molecule has 1 saturated heterocycles. The Balaban J connectivity index is 2.04. The van der Waals surface area contributed by atoms with Crippen LogP contribution in [0.4, 0.5) is 18.0 Å². The Bertz CT molecular complexity index is 443. The molecule has 0 saturated carbocycles. The van der Waals surface area contributed by atoms with Gasteiger partial charge in [-0.15, -0.1) is 0 Å². The van der Waals surface area contributed by atoms with Crippen LogP contribution < -0.4 is 10.1 Å². The van der Waals surface area contributed by atoms with Crippen molar-refractivity contribution in [3.05, 3.63) is 30.3 Å². The number of alkyl halides is 3. The van der Waals surface area contributed by atoms with E-state index in [4.69, 9.17) is 0 Å². The first kappa shape index (κ1) is 13.6. The topological polar surface area (TPSA) is 56.8 Å². The summed E-state index contributed by atoms with van der Waals surface area (Å²) in [5.74, 6) is -3.03. The summed E-state index contributed by atoms with van der Waals surface area (Å²) in [5.41, 5.74) is 0. The summed E-state index contributed by atoms with van der Waals surface area (Å²) >= 11 is 0. The van der Waals surface area contributed by atoms with Gasteiger partial charge in [0.2, 0.25) is 0 Å². The van der Waals surface area contributed by atoms with Gasteiger partial charge in [0.1, 0.15) is 5.75 Å². The first-order chi connectivity index (χ1) is 8.93. The summed E-state index contributed by atoms with van der Waals surface area (Å²) in [7, 11) is 0. The third kappa shape index (κ3) is 2.96. The average Bonchev–Trinajstić information content (AvgIpc) is 2.79. The van der Waals surface area contributed by atoms with E-state index >= 15 is 0 Å². The zero-order chi connectivity index (χ0) is 13.9. The molecule has 1 heterocycles. The monoisotopic (exact) mass is 277 g/mol. The Morgan fingerprint density at radius 2 is 1.79 bits per heavy atom. The minimum Gasteiger partial charge on any atom is -0.410 e. The number of para-hydroxylation sites is 1. The molecule has 0 spiro atoms. The molecule has 0 atom stereocenters. The van der Waals surface area contributed by atoms with Gasteiger partial charge in [-0.3, -0.25) is 5.32 Å². The molecule has 0 unspecified atom stereocenters. The summed E-state index contributed by atoms with van der Waals surface area (Å²) in [6, 6.07) is 7.67. The van der Waals surface area contributed by atoms with Gasteiger partial charge in [0.05, 0.1) is 13.2 Å². The molecule has 1 aromatic rings. The zero-order valence-electron chi connectivity index (χ0n) is 9.57. The number of amides is 1. The predicted octanol–water partition coefficient (Wildman–Crippen LogP) is 2.04. The van der Waals surface area contributed by atoms with Crippen molar-refractivity contribution in [1.29, 1.82) is 0 Å². The fourth-order valence-corrected chi connectivity index (χ4v) is 1.47. The Kier molecular flexibility index (Phi) is 3.63. The Morgan fingerprint density at radius 3 is 2.32 bits per heavy atom. The molecule has 1 fully saturated rings. The van der Waals surface area contributed by atoms with Crippen molar-refractivity contribution in [2.24, 2.45) is 0 Å². The van der Waals surface area contributed by atoms with Crippen molar-refractivity contribution in [2.45, 2.75) is 12.1 Å². The fourth-order valence-electron chi connectivity index (χ4n) is 1.47. The van der Waals surface area contributed by atoms with Crippen LogP contribution in [0, 0.1) is 0 Å². The van der Waals surface area contributed by atoms with Crippen LogP contribution in [-0.2, 0) is 9.47 Å². The van der Waals surface area contributed by atoms with E-state index in [0.29, 0.717) is 0 Å². The van der Waals surface area contributed by atoms with Crippen LogP contribution in [0.1, 0.15) is 0 Å². The van der Waals surface area contributed by atoms with Crippen LogP contribution in [-0.4, -0.2) is 31.4 Å². The van der Waals surface area contributed by atoms with Crippen LogP contribution in [0.25, 0.3) is 0 Å². The van der Waals surface area contributed by atoms with E-state index in [-0.39, 0.29) is 19.0 Å². The van der Waals surface area contributed by atoms with Gasteiger partial charge in [-0.2, -0.15) is 13.2 Å². The number of nitrogens with one attached hydrogen (secondary N) is 1. The number of benzene rings is 1. The van der Waals surface area contributed by atoms with E-state index in [0.717, 1.165) is 0 Å². The number of halogens is 3. The summed E-state index contributed by atoms with van der Waals surface area (Å²) in [4.78, 5) is 11.4. The van der Waals surface area contributed by atoms with E-state index in [9.17, 15) is 18.0 Å². The average molecular weight is 277 g/mol. The van der Waals surface area contributed by atoms with Gasteiger partial charge in [-0.25, -0.2) is 4.79 Å². The van der Waals surface area contributed by atoms with Gasteiger partial charge in [-0.1, -0.05) is 18.2 Å². The Morgan fingerprint density at radius 1 is 1.21 bits per heavy atom. The second kappa shape index (κ2) is 5.06. The van der Waals surface area contributed by atoms with Crippen LogP contribution in [0.5, 0.6) is 5.75 Å². The molecule has 0 aromatic heterocycles. The maximum absolute atomic E-state index is 12.8. The molecule has 5 nitrogen and oxygen atoms in total. The van der Waals surface area contributed by atoms with Gasteiger partial charge in [0.15, 0.2) is 0 Å². The van der Waals surface area contributed by atoms with Gasteiger partial charge in [0, 0.05) is 0 Å². The van der Waals surface area contributed by atoms with Crippen molar-refractivity contribution < 1.29 is 32.2 Å². The molecule has 1 aromatic carbocycles. The SMILES string of the molecule is O=C(NC1(C(F)(F)F)OCCO1)Oc1ccccc1. The molecular weight excluding hydrogens is 267 g/mol. The van der Waals surface area contributed by atoms with Crippen molar-refractivity contribution >= 4 is 6.09 Å². The van der Waals surface area contributed by atoms with E-state index in [1.807, 2.05) is 0 Å². The molecule has 1 N–H and O–H groups in total.